The molecule has 27 heavy (non-hydrogen) atoms. The third-order valence-corrected chi connectivity index (χ3v) is 3.88. The van der Waals surface area contributed by atoms with Crippen LogP contribution in [0.1, 0.15) is 5.69 Å². The fourth-order valence-electron chi connectivity index (χ4n) is 2.44. The van der Waals surface area contributed by atoms with Gasteiger partial charge in [0.2, 0.25) is 5.88 Å². The summed E-state index contributed by atoms with van der Waals surface area (Å²) >= 11 is 6.03. The molecule has 1 amide bonds. The highest BCUT2D eigenvalue weighted by atomic mass is 35.5. The highest BCUT2D eigenvalue weighted by Crippen LogP contribution is 2.24. The number of amides is 1. The Hall–Kier alpha value is -3.12. The van der Waals surface area contributed by atoms with Crippen molar-refractivity contribution >= 4 is 23.2 Å². The lowest BCUT2D eigenvalue weighted by Crippen LogP contribution is -2.21. The molecule has 2 aromatic carbocycles. The van der Waals surface area contributed by atoms with Crippen molar-refractivity contribution in [1.82, 2.24) is 9.97 Å². The Morgan fingerprint density at radius 3 is 2.70 bits per heavy atom. The molecule has 0 aliphatic heterocycles. The normalized spacial score (nSPS) is 10.3. The second-order valence-electron chi connectivity index (χ2n) is 5.72. The molecule has 0 bridgehead atoms. The van der Waals surface area contributed by atoms with Crippen LogP contribution in [0.25, 0.3) is 11.4 Å². The molecule has 0 spiro atoms. The summed E-state index contributed by atoms with van der Waals surface area (Å²) in [4.78, 5) is 20.9. The van der Waals surface area contributed by atoms with Crippen LogP contribution in [0, 0.1) is 6.92 Å². The number of carbonyl (C=O) groups excluding carboxylic acids is 1. The lowest BCUT2D eigenvalue weighted by molar-refractivity contribution is -0.118. The third kappa shape index (κ3) is 4.95. The van der Waals surface area contributed by atoms with E-state index >= 15 is 0 Å². The molecule has 0 unspecified atom stereocenters. The highest BCUT2D eigenvalue weighted by Gasteiger charge is 2.10. The number of nitrogens with zero attached hydrogens (tertiary/aromatic N) is 2. The van der Waals surface area contributed by atoms with Crippen LogP contribution >= 0.6 is 11.6 Å². The molecule has 0 saturated carbocycles. The standard InChI is InChI=1S/C20H18ClN3O3/c1-13-10-19(24-20(22-13)14-6-5-7-15(21)11-14)27-12-18(25)23-16-8-3-4-9-17(16)26-2/h3-11H,12H2,1-2H3,(H,23,25). The van der Waals surface area contributed by atoms with Crippen molar-refractivity contribution in [1.29, 1.82) is 0 Å². The van der Waals surface area contributed by atoms with E-state index in [4.69, 9.17) is 21.1 Å². The molecule has 6 nitrogen and oxygen atoms in total. The molecule has 0 atom stereocenters. The van der Waals surface area contributed by atoms with Gasteiger partial charge >= 0.3 is 0 Å². The molecular weight excluding hydrogens is 366 g/mol. The molecular formula is C20H18ClN3O3. The molecule has 0 fully saturated rings. The summed E-state index contributed by atoms with van der Waals surface area (Å²) in [6.07, 6.45) is 0. The first kappa shape index (κ1) is 18.7. The second kappa shape index (κ2) is 8.51. The third-order valence-electron chi connectivity index (χ3n) is 3.65. The van der Waals surface area contributed by atoms with E-state index < -0.39 is 0 Å². The number of hydrogen-bond donors (Lipinski definition) is 1. The molecule has 0 saturated heterocycles. The minimum atomic E-state index is -0.319. The molecule has 7 heteroatoms. The van der Waals surface area contributed by atoms with Crippen LogP contribution in [-0.4, -0.2) is 29.6 Å². The van der Waals surface area contributed by atoms with E-state index in [0.717, 1.165) is 11.3 Å². The van der Waals surface area contributed by atoms with Gasteiger partial charge in [-0.3, -0.25) is 4.79 Å². The van der Waals surface area contributed by atoms with Crippen molar-refractivity contribution < 1.29 is 14.3 Å². The largest absolute Gasteiger partial charge is 0.495 e. The summed E-state index contributed by atoms with van der Waals surface area (Å²) in [6.45, 7) is 1.64. The van der Waals surface area contributed by atoms with Crippen LogP contribution in [0.15, 0.2) is 54.6 Å². The molecule has 1 N–H and O–H groups in total. The predicted molar refractivity (Wildman–Crippen MR) is 104 cm³/mol. The summed E-state index contributed by atoms with van der Waals surface area (Å²) in [5, 5.41) is 3.34. The fraction of sp³-hybridized carbons (Fsp3) is 0.150. The van der Waals surface area contributed by atoms with Crippen LogP contribution in [0.2, 0.25) is 5.02 Å². The number of anilines is 1. The summed E-state index contributed by atoms with van der Waals surface area (Å²) in [5.74, 6) is 1.05. The van der Waals surface area contributed by atoms with Gasteiger partial charge in [-0.05, 0) is 31.2 Å². The van der Waals surface area contributed by atoms with E-state index in [2.05, 4.69) is 15.3 Å². The first-order valence-electron chi connectivity index (χ1n) is 8.22. The average molecular weight is 384 g/mol. The van der Waals surface area contributed by atoms with E-state index in [9.17, 15) is 4.79 Å². The Balaban J connectivity index is 1.70. The van der Waals surface area contributed by atoms with Gasteiger partial charge in [0.25, 0.3) is 5.91 Å². The number of carbonyl (C=O) groups is 1. The van der Waals surface area contributed by atoms with Crippen LogP contribution in [0.3, 0.4) is 0 Å². The van der Waals surface area contributed by atoms with Crippen LogP contribution in [-0.2, 0) is 4.79 Å². The summed E-state index contributed by atoms with van der Waals surface area (Å²) in [6, 6.07) is 16.1. The Bertz CT molecular complexity index is 963. The van der Waals surface area contributed by atoms with Crippen molar-refractivity contribution in [2.45, 2.75) is 6.92 Å². The van der Waals surface area contributed by atoms with E-state index in [1.165, 1.54) is 0 Å². The first-order valence-corrected chi connectivity index (χ1v) is 8.60. The Morgan fingerprint density at radius 1 is 1.11 bits per heavy atom. The molecule has 1 heterocycles. The van der Waals surface area contributed by atoms with Crippen LogP contribution in [0.4, 0.5) is 5.69 Å². The van der Waals surface area contributed by atoms with Crippen molar-refractivity contribution in [3.63, 3.8) is 0 Å². The Kier molecular flexibility index (Phi) is 5.88. The van der Waals surface area contributed by atoms with E-state index in [1.807, 2.05) is 31.2 Å². The molecule has 3 aromatic rings. The van der Waals surface area contributed by atoms with E-state index in [0.29, 0.717) is 28.2 Å². The van der Waals surface area contributed by atoms with Crippen molar-refractivity contribution in [3.8, 4) is 23.0 Å². The maximum absolute atomic E-state index is 12.2. The summed E-state index contributed by atoms with van der Waals surface area (Å²) in [7, 11) is 1.54. The van der Waals surface area contributed by atoms with E-state index in [1.54, 1.807) is 37.4 Å². The summed E-state index contributed by atoms with van der Waals surface area (Å²) in [5.41, 5.74) is 2.07. The van der Waals surface area contributed by atoms with Gasteiger partial charge < -0.3 is 14.8 Å². The fourth-order valence-corrected chi connectivity index (χ4v) is 2.63. The lowest BCUT2D eigenvalue weighted by Gasteiger charge is -2.11. The summed E-state index contributed by atoms with van der Waals surface area (Å²) < 4.78 is 10.8. The zero-order valence-corrected chi connectivity index (χ0v) is 15.7. The number of aromatic nitrogens is 2. The van der Waals surface area contributed by atoms with Gasteiger partial charge in [-0.1, -0.05) is 35.9 Å². The molecule has 1 aromatic heterocycles. The number of methoxy groups -OCH3 is 1. The maximum Gasteiger partial charge on any atom is 0.262 e. The maximum atomic E-state index is 12.2. The van der Waals surface area contributed by atoms with Crippen molar-refractivity contribution in [2.75, 3.05) is 19.0 Å². The number of halogens is 1. The molecule has 0 aliphatic rings. The van der Waals surface area contributed by atoms with Gasteiger partial charge in [0.1, 0.15) is 5.75 Å². The van der Waals surface area contributed by atoms with Gasteiger partial charge in [0.05, 0.1) is 12.8 Å². The number of aryl methyl sites for hydroxylation is 1. The monoisotopic (exact) mass is 383 g/mol. The zero-order valence-electron chi connectivity index (χ0n) is 14.9. The average Bonchev–Trinajstić information content (AvgIpc) is 2.66. The van der Waals surface area contributed by atoms with Gasteiger partial charge in [0.15, 0.2) is 12.4 Å². The Labute approximate surface area is 162 Å². The molecule has 3 rings (SSSR count). The smallest absolute Gasteiger partial charge is 0.262 e. The number of rotatable bonds is 6. The number of hydrogen-bond acceptors (Lipinski definition) is 5. The SMILES string of the molecule is COc1ccccc1NC(=O)COc1cc(C)nc(-c2cccc(Cl)c2)n1. The number of benzene rings is 2. The van der Waals surface area contributed by atoms with Gasteiger partial charge in [0, 0.05) is 22.3 Å². The minimum Gasteiger partial charge on any atom is -0.495 e. The van der Waals surface area contributed by atoms with Crippen LogP contribution < -0.4 is 14.8 Å². The number of para-hydroxylation sites is 2. The van der Waals surface area contributed by atoms with Gasteiger partial charge in [-0.25, -0.2) is 4.98 Å². The minimum absolute atomic E-state index is 0.191. The first-order chi connectivity index (χ1) is 13.0. The quantitative estimate of drug-likeness (QED) is 0.692. The second-order valence-corrected chi connectivity index (χ2v) is 6.16. The van der Waals surface area contributed by atoms with Crippen molar-refractivity contribution in [2.24, 2.45) is 0 Å². The van der Waals surface area contributed by atoms with Crippen LogP contribution in [0.5, 0.6) is 11.6 Å². The van der Waals surface area contributed by atoms with Gasteiger partial charge in [-0.15, -0.1) is 0 Å². The molecule has 0 aliphatic carbocycles. The topological polar surface area (TPSA) is 73.3 Å². The Morgan fingerprint density at radius 2 is 1.93 bits per heavy atom. The zero-order chi connectivity index (χ0) is 19.2. The van der Waals surface area contributed by atoms with E-state index in [-0.39, 0.29) is 12.5 Å². The predicted octanol–water partition coefficient (Wildman–Crippen LogP) is 4.13. The number of ether oxygens (including phenoxy) is 2. The lowest BCUT2D eigenvalue weighted by atomic mass is 10.2. The van der Waals surface area contributed by atoms with Crippen molar-refractivity contribution in [3.05, 3.63) is 65.3 Å². The molecule has 138 valence electrons. The number of nitrogens with one attached hydrogen (secondary N) is 1. The van der Waals surface area contributed by atoms with Gasteiger partial charge in [-0.2, -0.15) is 4.98 Å². The molecule has 0 radical (unpaired) electrons. The highest BCUT2D eigenvalue weighted by molar-refractivity contribution is 6.30.